The number of carbonyl (C=O) groups is 1. The highest BCUT2D eigenvalue weighted by Crippen LogP contribution is 2.37. The second-order valence-corrected chi connectivity index (χ2v) is 5.64. The first-order valence-corrected chi connectivity index (χ1v) is 7.07. The van der Waals surface area contributed by atoms with E-state index in [2.05, 4.69) is 5.10 Å². The molecule has 2 aliphatic rings. The average molecular weight is 325 g/mol. The molecular weight excluding hydrogens is 318 g/mol. The Morgan fingerprint density at radius 2 is 2.14 bits per heavy atom. The van der Waals surface area contributed by atoms with Crippen molar-refractivity contribution in [1.82, 2.24) is 5.01 Å². The van der Waals surface area contributed by atoms with Gasteiger partial charge in [-0.05, 0) is 6.07 Å². The maximum Gasteiger partial charge on any atom is 0.282 e. The Hall–Kier alpha value is -2.20. The predicted octanol–water partition coefficient (Wildman–Crippen LogP) is 1.52. The van der Waals surface area contributed by atoms with Gasteiger partial charge in [-0.15, -0.1) is 0 Å². The molecule has 1 amide bonds. The summed E-state index contributed by atoms with van der Waals surface area (Å²) in [6.45, 7) is 0.0123. The van der Waals surface area contributed by atoms with Crippen LogP contribution in [-0.2, 0) is 4.79 Å². The molecular formula is C11H7N3O5S2. The fraction of sp³-hybridized carbons (Fsp3) is 0.182. The summed E-state index contributed by atoms with van der Waals surface area (Å²) in [5.41, 5.74) is 0.0185. The van der Waals surface area contributed by atoms with E-state index in [9.17, 15) is 14.9 Å². The molecule has 0 saturated carbocycles. The monoisotopic (exact) mass is 325 g/mol. The molecule has 0 radical (unpaired) electrons. The van der Waals surface area contributed by atoms with Crippen molar-refractivity contribution in [2.75, 3.05) is 12.5 Å². The minimum atomic E-state index is -0.553. The van der Waals surface area contributed by atoms with Gasteiger partial charge in [-0.2, -0.15) is 10.1 Å². The van der Waals surface area contributed by atoms with Crippen LogP contribution in [-0.4, -0.2) is 38.9 Å². The van der Waals surface area contributed by atoms with Crippen LogP contribution in [0.4, 0.5) is 5.69 Å². The van der Waals surface area contributed by atoms with Crippen LogP contribution < -0.4 is 9.47 Å². The van der Waals surface area contributed by atoms with Crippen LogP contribution in [0, 0.1) is 10.1 Å². The van der Waals surface area contributed by atoms with Crippen molar-refractivity contribution in [3.63, 3.8) is 0 Å². The lowest BCUT2D eigenvalue weighted by molar-refractivity contribution is -0.385. The summed E-state index contributed by atoms with van der Waals surface area (Å²) >= 11 is 6.17. The van der Waals surface area contributed by atoms with Crippen LogP contribution in [0.3, 0.4) is 0 Å². The number of benzene rings is 1. The summed E-state index contributed by atoms with van der Waals surface area (Å²) in [4.78, 5) is 22.1. The number of carbonyl (C=O) groups excluding carboxylic acids is 1. The second-order valence-electron chi connectivity index (χ2n) is 4.03. The molecule has 0 N–H and O–H groups in total. The summed E-state index contributed by atoms with van der Waals surface area (Å²) in [6.07, 6.45) is 1.22. The summed E-state index contributed by atoms with van der Waals surface area (Å²) < 4.78 is 10.6. The van der Waals surface area contributed by atoms with E-state index < -0.39 is 4.92 Å². The maximum atomic E-state index is 11.5. The molecule has 2 heterocycles. The Labute approximate surface area is 127 Å². The number of hydrogen-bond acceptors (Lipinski definition) is 8. The number of fused-ring (bicyclic) bond motifs is 1. The second kappa shape index (κ2) is 5.30. The quantitative estimate of drug-likeness (QED) is 0.360. The van der Waals surface area contributed by atoms with Gasteiger partial charge in [0.25, 0.3) is 11.6 Å². The summed E-state index contributed by atoms with van der Waals surface area (Å²) in [6, 6.07) is 2.71. The van der Waals surface area contributed by atoms with Crippen LogP contribution >= 0.6 is 24.0 Å². The van der Waals surface area contributed by atoms with E-state index in [4.69, 9.17) is 21.7 Å². The highest BCUT2D eigenvalue weighted by Gasteiger charge is 2.27. The molecule has 0 aliphatic carbocycles. The van der Waals surface area contributed by atoms with Gasteiger partial charge in [0.2, 0.25) is 6.79 Å². The Kier molecular flexibility index (Phi) is 3.47. The third-order valence-electron chi connectivity index (χ3n) is 2.76. The Morgan fingerprint density at radius 3 is 2.76 bits per heavy atom. The maximum absolute atomic E-state index is 11.5. The van der Waals surface area contributed by atoms with Gasteiger partial charge in [-0.3, -0.25) is 14.9 Å². The normalized spacial score (nSPS) is 17.0. The van der Waals surface area contributed by atoms with Crippen molar-refractivity contribution in [3.05, 3.63) is 27.8 Å². The van der Waals surface area contributed by atoms with Gasteiger partial charge in [-0.1, -0.05) is 24.0 Å². The number of rotatable bonds is 3. The number of nitro groups is 1. The topological polar surface area (TPSA) is 94.3 Å². The van der Waals surface area contributed by atoms with Crippen LogP contribution in [0.15, 0.2) is 17.2 Å². The molecule has 8 nitrogen and oxygen atoms in total. The van der Waals surface area contributed by atoms with Gasteiger partial charge in [0.1, 0.15) is 0 Å². The minimum absolute atomic E-state index is 0.0123. The molecule has 2 aliphatic heterocycles. The lowest BCUT2D eigenvalue weighted by Gasteiger charge is -2.06. The molecule has 21 heavy (non-hydrogen) atoms. The summed E-state index contributed by atoms with van der Waals surface area (Å²) in [5.74, 6) is 0.665. The number of nitro benzene ring substituents is 1. The Bertz CT molecular complexity index is 675. The molecule has 0 spiro atoms. The van der Waals surface area contributed by atoms with E-state index in [1.54, 1.807) is 0 Å². The summed E-state index contributed by atoms with van der Waals surface area (Å²) in [7, 11) is 0. The number of hydrogen-bond donors (Lipinski definition) is 0. The Morgan fingerprint density at radius 1 is 1.43 bits per heavy atom. The zero-order valence-electron chi connectivity index (χ0n) is 10.3. The van der Waals surface area contributed by atoms with Crippen molar-refractivity contribution in [3.8, 4) is 11.5 Å². The van der Waals surface area contributed by atoms with Gasteiger partial charge in [0.05, 0.1) is 28.5 Å². The third-order valence-corrected chi connectivity index (χ3v) is 4.10. The smallest absolute Gasteiger partial charge is 0.282 e. The van der Waals surface area contributed by atoms with Crippen LogP contribution in [0.1, 0.15) is 5.56 Å². The standard InChI is InChI=1S/C11H7N3O5S2/c15-10-4-21-11(20)13(10)12-3-6-1-8-9(19-5-18-8)2-7(6)14(16)17/h1-3H,4-5H2/b12-3-. The number of thiocarbonyl (C=S) groups is 1. The highest BCUT2D eigenvalue weighted by atomic mass is 32.2. The molecule has 1 saturated heterocycles. The van der Waals surface area contributed by atoms with E-state index in [0.717, 1.165) is 5.01 Å². The van der Waals surface area contributed by atoms with Crippen molar-refractivity contribution in [2.45, 2.75) is 0 Å². The van der Waals surface area contributed by atoms with Crippen molar-refractivity contribution >= 4 is 46.1 Å². The molecule has 1 fully saturated rings. The highest BCUT2D eigenvalue weighted by molar-refractivity contribution is 8.23. The van der Waals surface area contributed by atoms with Gasteiger partial charge >= 0.3 is 0 Å². The van der Waals surface area contributed by atoms with Gasteiger partial charge in [0, 0.05) is 0 Å². The lowest BCUT2D eigenvalue weighted by Crippen LogP contribution is -2.22. The van der Waals surface area contributed by atoms with E-state index >= 15 is 0 Å². The molecule has 0 bridgehead atoms. The number of hydrazone groups is 1. The van der Waals surface area contributed by atoms with E-state index in [-0.39, 0.29) is 29.7 Å². The molecule has 0 aromatic heterocycles. The molecule has 0 atom stereocenters. The Balaban J connectivity index is 1.96. The lowest BCUT2D eigenvalue weighted by atomic mass is 10.1. The van der Waals surface area contributed by atoms with Gasteiger partial charge < -0.3 is 9.47 Å². The SMILES string of the molecule is O=C1CSC(=S)N1/N=C\c1cc2c(cc1[N+](=O)[O-])OCO2. The fourth-order valence-corrected chi connectivity index (χ4v) is 2.75. The van der Waals surface area contributed by atoms with Crippen molar-refractivity contribution in [1.29, 1.82) is 0 Å². The first-order valence-electron chi connectivity index (χ1n) is 5.68. The van der Waals surface area contributed by atoms with E-state index in [0.29, 0.717) is 15.8 Å². The minimum Gasteiger partial charge on any atom is -0.454 e. The van der Waals surface area contributed by atoms with Crippen molar-refractivity contribution in [2.24, 2.45) is 5.10 Å². The third kappa shape index (κ3) is 2.54. The first-order chi connectivity index (χ1) is 10.1. The fourth-order valence-electron chi connectivity index (χ4n) is 1.79. The van der Waals surface area contributed by atoms with Crippen LogP contribution in [0.2, 0.25) is 0 Å². The molecule has 108 valence electrons. The predicted molar refractivity (Wildman–Crippen MR) is 78.7 cm³/mol. The van der Waals surface area contributed by atoms with E-state index in [1.165, 1.54) is 30.1 Å². The molecule has 0 unspecified atom stereocenters. The van der Waals surface area contributed by atoms with Crippen molar-refractivity contribution < 1.29 is 19.2 Å². The van der Waals surface area contributed by atoms with Gasteiger partial charge in [0.15, 0.2) is 15.8 Å². The first kappa shape index (κ1) is 13.8. The summed E-state index contributed by atoms with van der Waals surface area (Å²) in [5, 5.41) is 16.1. The molecule has 3 rings (SSSR count). The molecule has 1 aromatic rings. The number of ether oxygens (including phenoxy) is 2. The molecule has 1 aromatic carbocycles. The van der Waals surface area contributed by atoms with Crippen LogP contribution in [0.5, 0.6) is 11.5 Å². The zero-order chi connectivity index (χ0) is 15.0. The molecule has 10 heteroatoms. The average Bonchev–Trinajstić information content (AvgIpc) is 3.02. The number of nitrogens with zero attached hydrogens (tertiary/aromatic N) is 3. The largest absolute Gasteiger partial charge is 0.454 e. The van der Waals surface area contributed by atoms with Crippen LogP contribution in [0.25, 0.3) is 0 Å². The zero-order valence-corrected chi connectivity index (χ0v) is 12.0. The van der Waals surface area contributed by atoms with Gasteiger partial charge in [-0.25, -0.2) is 0 Å². The van der Waals surface area contributed by atoms with E-state index in [1.807, 2.05) is 0 Å². The number of amides is 1. The number of thioether (sulfide) groups is 1.